The van der Waals surface area contributed by atoms with Crippen molar-refractivity contribution in [2.24, 2.45) is 5.92 Å². The normalized spacial score (nSPS) is 12.9. The number of rotatable bonds is 6. The molecule has 4 nitrogen and oxygen atoms in total. The summed E-state index contributed by atoms with van der Waals surface area (Å²) >= 11 is 0. The van der Waals surface area contributed by atoms with Crippen molar-refractivity contribution in [3.63, 3.8) is 0 Å². The maximum Gasteiger partial charge on any atom is 0.448 e. The molecule has 0 aromatic carbocycles. The van der Waals surface area contributed by atoms with Crippen molar-refractivity contribution in [1.29, 1.82) is 0 Å². The quantitative estimate of drug-likeness (QED) is 0.459. The van der Waals surface area contributed by atoms with Gasteiger partial charge in [0, 0.05) is 0 Å². The van der Waals surface area contributed by atoms with Gasteiger partial charge in [-0.15, -0.1) is 0 Å². The van der Waals surface area contributed by atoms with Gasteiger partial charge in [0.1, 0.15) is 0 Å². The summed E-state index contributed by atoms with van der Waals surface area (Å²) in [4.78, 5) is 11.4. The lowest BCUT2D eigenvalue weighted by atomic mass is 9.74. The van der Waals surface area contributed by atoms with Gasteiger partial charge in [-0.25, -0.2) is 0 Å². The van der Waals surface area contributed by atoms with Gasteiger partial charge < -0.3 is 15.4 Å². The van der Waals surface area contributed by atoms with Crippen molar-refractivity contribution in [2.45, 2.75) is 33.3 Å². The van der Waals surface area contributed by atoms with Gasteiger partial charge in [-0.2, -0.15) is 0 Å². The van der Waals surface area contributed by atoms with Gasteiger partial charge in [0.05, 0.1) is 12.5 Å². The van der Waals surface area contributed by atoms with E-state index in [1.165, 1.54) is 0 Å². The Bertz CT molecular complexity index is 276. The highest BCUT2D eigenvalue weighted by molar-refractivity contribution is 6.59. The maximum absolute atomic E-state index is 11.4. The van der Waals surface area contributed by atoms with Crippen molar-refractivity contribution >= 4 is 13.0 Å². The van der Waals surface area contributed by atoms with E-state index < -0.39 is 13.2 Å². The van der Waals surface area contributed by atoms with Crippen LogP contribution in [0.3, 0.4) is 0 Å². The third kappa shape index (κ3) is 5.73. The highest BCUT2D eigenvalue weighted by atomic mass is 16.3. The van der Waals surface area contributed by atoms with Crippen molar-refractivity contribution < 1.29 is 14.9 Å². The largest absolute Gasteiger partial charge is 0.448 e. The minimum Gasteiger partial charge on any atom is -0.429 e. The molecule has 1 unspecified atom stereocenters. The van der Waals surface area contributed by atoms with Crippen LogP contribution in [0.1, 0.15) is 27.2 Å². The van der Waals surface area contributed by atoms with Crippen LogP contribution in [-0.4, -0.2) is 29.2 Å². The summed E-state index contributed by atoms with van der Waals surface area (Å²) in [5.74, 6) is -0.374. The summed E-state index contributed by atoms with van der Waals surface area (Å²) in [5.41, 5.74) is 0.412. The molecule has 0 radical (unpaired) electrons. The second kappa shape index (κ2) is 7.25. The number of hydrogen-bond donors (Lipinski definition) is 3. The smallest absolute Gasteiger partial charge is 0.429 e. The Morgan fingerprint density at radius 2 is 2.12 bits per heavy atom. The van der Waals surface area contributed by atoms with Gasteiger partial charge in [-0.3, -0.25) is 4.79 Å². The van der Waals surface area contributed by atoms with E-state index in [-0.39, 0.29) is 18.2 Å². The van der Waals surface area contributed by atoms with E-state index in [9.17, 15) is 14.9 Å². The van der Waals surface area contributed by atoms with Crippen LogP contribution in [0.5, 0.6) is 0 Å². The van der Waals surface area contributed by atoms with Gasteiger partial charge in [0.25, 0.3) is 0 Å². The number of amides is 1. The number of carbonyl (C=O) groups is 1. The molecule has 0 heterocycles. The summed E-state index contributed by atoms with van der Waals surface area (Å²) in [6.45, 7) is 9.04. The number of allylic oxidation sites excluding steroid dienone is 3. The molecule has 0 bridgehead atoms. The molecule has 5 heteroatoms. The topological polar surface area (TPSA) is 69.6 Å². The highest BCUT2D eigenvalue weighted by Gasteiger charge is 2.20. The van der Waals surface area contributed by atoms with Crippen LogP contribution in [0.4, 0.5) is 0 Å². The zero-order valence-corrected chi connectivity index (χ0v) is 10.1. The molecule has 90 valence electrons. The van der Waals surface area contributed by atoms with E-state index in [0.29, 0.717) is 5.47 Å². The molecular weight excluding hydrogens is 205 g/mol. The number of aliphatic hydroxyl groups excluding tert-OH is 1. The molecule has 0 saturated carbocycles. The van der Waals surface area contributed by atoms with E-state index in [2.05, 4.69) is 11.8 Å². The molecule has 0 aliphatic heterocycles. The fourth-order valence-electron chi connectivity index (χ4n) is 1.03. The number of aliphatic hydroxyl groups is 1. The molecule has 0 aliphatic rings. The van der Waals surface area contributed by atoms with E-state index in [1.54, 1.807) is 19.1 Å². The monoisotopic (exact) mass is 225 g/mol. The van der Waals surface area contributed by atoms with Gasteiger partial charge >= 0.3 is 7.05 Å². The Morgan fingerprint density at radius 3 is 2.56 bits per heavy atom. The average molecular weight is 225 g/mol. The molecule has 1 atom stereocenters. The van der Waals surface area contributed by atoms with Crippen LogP contribution in [-0.2, 0) is 4.79 Å². The second-order valence-corrected chi connectivity index (χ2v) is 4.06. The molecule has 3 N–H and O–H groups in total. The van der Waals surface area contributed by atoms with Crippen molar-refractivity contribution in [2.75, 3.05) is 0 Å². The van der Waals surface area contributed by atoms with E-state index in [1.807, 2.05) is 13.8 Å². The van der Waals surface area contributed by atoms with Gasteiger partial charge in [-0.1, -0.05) is 32.6 Å². The Hall–Kier alpha value is -1.07. The fraction of sp³-hybridized carbons (Fsp3) is 0.545. The van der Waals surface area contributed by atoms with Gasteiger partial charge in [-0.05, 0) is 18.3 Å². The summed E-state index contributed by atoms with van der Waals surface area (Å²) in [6, 6.07) is 0. The third-order valence-electron chi connectivity index (χ3n) is 2.19. The second-order valence-electron chi connectivity index (χ2n) is 4.06. The Labute approximate surface area is 97.2 Å². The van der Waals surface area contributed by atoms with Crippen molar-refractivity contribution in [3.8, 4) is 0 Å². The SMILES string of the molecule is C=C(/C=C\C)B(O)NC(=O)CC(O)C(C)C. The molecule has 0 fully saturated rings. The van der Waals surface area contributed by atoms with Crippen LogP contribution in [0.2, 0.25) is 0 Å². The van der Waals surface area contributed by atoms with Crippen LogP contribution < -0.4 is 5.23 Å². The maximum atomic E-state index is 11.4. The predicted octanol–water partition coefficient (Wildman–Crippen LogP) is 0.662. The molecule has 1 amide bonds. The lowest BCUT2D eigenvalue weighted by Crippen LogP contribution is -2.42. The van der Waals surface area contributed by atoms with Crippen LogP contribution in [0, 0.1) is 5.92 Å². The number of hydrogen-bond acceptors (Lipinski definition) is 3. The molecular formula is C11H20BNO3. The molecule has 16 heavy (non-hydrogen) atoms. The summed E-state index contributed by atoms with van der Waals surface area (Å²) < 4.78 is 0. The van der Waals surface area contributed by atoms with Crippen molar-refractivity contribution in [1.82, 2.24) is 5.23 Å². The van der Waals surface area contributed by atoms with Crippen LogP contribution >= 0.6 is 0 Å². The predicted molar refractivity (Wildman–Crippen MR) is 65.5 cm³/mol. The fourth-order valence-corrected chi connectivity index (χ4v) is 1.03. The Kier molecular flexibility index (Phi) is 6.77. The molecule has 0 rings (SSSR count). The molecule has 0 aromatic rings. The van der Waals surface area contributed by atoms with Crippen LogP contribution in [0.25, 0.3) is 0 Å². The zero-order chi connectivity index (χ0) is 12.7. The van der Waals surface area contributed by atoms with Crippen LogP contribution in [0.15, 0.2) is 24.2 Å². The molecule has 0 saturated heterocycles. The molecule has 0 aromatic heterocycles. The lowest BCUT2D eigenvalue weighted by molar-refractivity contribution is -0.122. The first-order valence-corrected chi connectivity index (χ1v) is 5.35. The Balaban J connectivity index is 4.10. The molecule has 0 spiro atoms. The Morgan fingerprint density at radius 1 is 1.56 bits per heavy atom. The first-order valence-electron chi connectivity index (χ1n) is 5.35. The van der Waals surface area contributed by atoms with Gasteiger partial charge in [0.2, 0.25) is 5.91 Å². The van der Waals surface area contributed by atoms with E-state index in [0.717, 1.165) is 0 Å². The lowest BCUT2D eigenvalue weighted by Gasteiger charge is -2.15. The van der Waals surface area contributed by atoms with E-state index >= 15 is 0 Å². The first kappa shape index (κ1) is 14.9. The number of nitrogens with one attached hydrogen (secondary N) is 1. The third-order valence-corrected chi connectivity index (χ3v) is 2.19. The minimum absolute atomic E-state index is 0.0154. The first-order chi connectivity index (χ1) is 7.38. The standard InChI is InChI=1S/C11H20BNO3/c1-5-6-9(4)12(16)13-11(15)7-10(14)8(2)3/h5-6,8,10,14,16H,4,7H2,1-3H3,(H,13,15)/b6-5-. The average Bonchev–Trinajstić information content (AvgIpc) is 2.17. The number of carbonyl (C=O) groups excluding carboxylic acids is 1. The molecule has 0 aliphatic carbocycles. The van der Waals surface area contributed by atoms with Gasteiger partial charge in [0.15, 0.2) is 0 Å². The van der Waals surface area contributed by atoms with E-state index in [4.69, 9.17) is 0 Å². The summed E-state index contributed by atoms with van der Waals surface area (Å²) in [5, 5.41) is 21.3. The van der Waals surface area contributed by atoms with Crippen molar-refractivity contribution in [3.05, 3.63) is 24.2 Å². The highest BCUT2D eigenvalue weighted by Crippen LogP contribution is 2.05. The zero-order valence-electron chi connectivity index (χ0n) is 10.1. The summed E-state index contributed by atoms with van der Waals surface area (Å²) in [6.07, 6.45) is 2.63. The summed E-state index contributed by atoms with van der Waals surface area (Å²) in [7, 11) is -1.09. The minimum atomic E-state index is -1.09.